The molecule has 1 unspecified atom stereocenters. The summed E-state index contributed by atoms with van der Waals surface area (Å²) in [7, 11) is 0. The summed E-state index contributed by atoms with van der Waals surface area (Å²) >= 11 is 1.69. The Kier molecular flexibility index (Phi) is 6.41. The molecule has 0 saturated heterocycles. The van der Waals surface area contributed by atoms with Gasteiger partial charge in [0.25, 0.3) is 0 Å². The van der Waals surface area contributed by atoms with E-state index in [1.807, 2.05) is 11.5 Å². The first kappa shape index (κ1) is 15.6. The van der Waals surface area contributed by atoms with Crippen LogP contribution < -0.4 is 0 Å². The molecule has 1 aliphatic rings. The molecule has 0 bridgehead atoms. The largest absolute Gasteiger partial charge is 0.280 e. The molecule has 19 heavy (non-hydrogen) atoms. The first-order chi connectivity index (χ1) is 9.17. The lowest BCUT2D eigenvalue weighted by molar-refractivity contribution is 0.273. The Hall–Kier alpha value is -1.50. The SMILES string of the molecule is C=C/C=C(\C=C)C(C#N)N1CCC(SC=C)=C(C)C1. The van der Waals surface area contributed by atoms with Crippen molar-refractivity contribution in [2.45, 2.75) is 19.4 Å². The molecule has 0 aromatic carbocycles. The molecule has 100 valence electrons. The number of rotatable bonds is 6. The van der Waals surface area contributed by atoms with Crippen LogP contribution in [-0.4, -0.2) is 24.0 Å². The van der Waals surface area contributed by atoms with E-state index in [9.17, 15) is 5.26 Å². The van der Waals surface area contributed by atoms with Gasteiger partial charge in [-0.05, 0) is 34.8 Å². The summed E-state index contributed by atoms with van der Waals surface area (Å²) in [6.45, 7) is 15.0. The van der Waals surface area contributed by atoms with Gasteiger partial charge in [-0.15, -0.1) is 11.8 Å². The molecule has 0 aromatic rings. The Labute approximate surface area is 120 Å². The minimum absolute atomic E-state index is 0.249. The van der Waals surface area contributed by atoms with E-state index in [1.54, 1.807) is 23.9 Å². The van der Waals surface area contributed by atoms with Crippen molar-refractivity contribution in [2.75, 3.05) is 13.1 Å². The van der Waals surface area contributed by atoms with Crippen LogP contribution in [-0.2, 0) is 0 Å². The summed E-state index contributed by atoms with van der Waals surface area (Å²) in [6.07, 6.45) is 6.27. The summed E-state index contributed by atoms with van der Waals surface area (Å²) in [5.74, 6) is 0. The minimum atomic E-state index is -0.249. The molecule has 0 saturated carbocycles. The monoisotopic (exact) mass is 272 g/mol. The fourth-order valence-electron chi connectivity index (χ4n) is 2.18. The van der Waals surface area contributed by atoms with Crippen LogP contribution >= 0.6 is 11.8 Å². The summed E-state index contributed by atoms with van der Waals surface area (Å²) in [5.41, 5.74) is 2.23. The highest BCUT2D eigenvalue weighted by atomic mass is 32.2. The van der Waals surface area contributed by atoms with Crippen molar-refractivity contribution in [1.82, 2.24) is 4.90 Å². The van der Waals surface area contributed by atoms with Gasteiger partial charge in [-0.2, -0.15) is 5.26 Å². The molecule has 0 spiro atoms. The second-order valence-electron chi connectivity index (χ2n) is 4.35. The third-order valence-corrected chi connectivity index (χ3v) is 4.12. The van der Waals surface area contributed by atoms with Gasteiger partial charge in [-0.25, -0.2) is 0 Å². The minimum Gasteiger partial charge on any atom is -0.280 e. The van der Waals surface area contributed by atoms with Gasteiger partial charge < -0.3 is 0 Å². The van der Waals surface area contributed by atoms with Crippen LogP contribution in [0.1, 0.15) is 13.3 Å². The molecule has 0 aliphatic carbocycles. The molecule has 1 atom stereocenters. The molecular weight excluding hydrogens is 252 g/mol. The maximum absolute atomic E-state index is 9.41. The highest BCUT2D eigenvalue weighted by molar-refractivity contribution is 8.05. The van der Waals surface area contributed by atoms with Crippen molar-refractivity contribution in [3.05, 3.63) is 59.4 Å². The fraction of sp³-hybridized carbons (Fsp3) is 0.312. The molecule has 3 heteroatoms. The molecule has 0 amide bonds. The van der Waals surface area contributed by atoms with E-state index in [1.165, 1.54) is 10.5 Å². The van der Waals surface area contributed by atoms with E-state index in [2.05, 4.69) is 37.6 Å². The van der Waals surface area contributed by atoms with Crippen LogP contribution in [0.3, 0.4) is 0 Å². The molecule has 1 rings (SSSR count). The van der Waals surface area contributed by atoms with Gasteiger partial charge in [0.15, 0.2) is 0 Å². The number of nitriles is 1. The Balaban J connectivity index is 2.90. The van der Waals surface area contributed by atoms with Gasteiger partial charge in [-0.1, -0.05) is 38.0 Å². The van der Waals surface area contributed by atoms with Crippen LogP contribution in [0.2, 0.25) is 0 Å². The second-order valence-corrected chi connectivity index (χ2v) is 5.41. The summed E-state index contributed by atoms with van der Waals surface area (Å²) < 4.78 is 0. The fourth-order valence-corrected chi connectivity index (χ4v) is 2.86. The van der Waals surface area contributed by atoms with E-state index in [0.717, 1.165) is 25.1 Å². The van der Waals surface area contributed by atoms with E-state index >= 15 is 0 Å². The average molecular weight is 272 g/mol. The van der Waals surface area contributed by atoms with E-state index in [4.69, 9.17) is 0 Å². The molecule has 2 nitrogen and oxygen atoms in total. The van der Waals surface area contributed by atoms with Crippen LogP contribution in [0.5, 0.6) is 0 Å². The predicted octanol–water partition coefficient (Wildman–Crippen LogP) is 4.03. The smallest absolute Gasteiger partial charge is 0.124 e. The highest BCUT2D eigenvalue weighted by Gasteiger charge is 2.24. The summed E-state index contributed by atoms with van der Waals surface area (Å²) in [5, 5.41) is 11.3. The van der Waals surface area contributed by atoms with Crippen molar-refractivity contribution in [3.63, 3.8) is 0 Å². The molecule has 0 aromatic heterocycles. The summed E-state index contributed by atoms with van der Waals surface area (Å²) in [4.78, 5) is 3.55. The van der Waals surface area contributed by atoms with Crippen molar-refractivity contribution in [1.29, 1.82) is 5.26 Å². The van der Waals surface area contributed by atoms with Gasteiger partial charge in [0.2, 0.25) is 0 Å². The van der Waals surface area contributed by atoms with Gasteiger partial charge >= 0.3 is 0 Å². The third-order valence-electron chi connectivity index (χ3n) is 3.12. The maximum Gasteiger partial charge on any atom is 0.124 e. The first-order valence-corrected chi connectivity index (χ1v) is 7.10. The van der Waals surface area contributed by atoms with Crippen LogP contribution in [0.4, 0.5) is 0 Å². The maximum atomic E-state index is 9.41. The number of allylic oxidation sites excluding steroid dienone is 2. The van der Waals surface area contributed by atoms with Gasteiger partial charge in [-0.3, -0.25) is 4.90 Å². The van der Waals surface area contributed by atoms with Gasteiger partial charge in [0, 0.05) is 13.1 Å². The van der Waals surface area contributed by atoms with E-state index in [0.29, 0.717) is 0 Å². The molecular formula is C16H20N2S. The third kappa shape index (κ3) is 3.99. The molecule has 0 N–H and O–H groups in total. The number of hydrogen-bond donors (Lipinski definition) is 0. The Morgan fingerprint density at radius 3 is 2.68 bits per heavy atom. The zero-order valence-electron chi connectivity index (χ0n) is 11.4. The number of thioether (sulfide) groups is 1. The molecule has 1 aliphatic heterocycles. The second kappa shape index (κ2) is 7.83. The molecule has 0 radical (unpaired) electrons. The predicted molar refractivity (Wildman–Crippen MR) is 84.6 cm³/mol. The topological polar surface area (TPSA) is 27.0 Å². The average Bonchev–Trinajstić information content (AvgIpc) is 2.41. The van der Waals surface area contributed by atoms with Crippen LogP contribution in [0.25, 0.3) is 0 Å². The molecule has 1 heterocycles. The lowest BCUT2D eigenvalue weighted by Crippen LogP contribution is -2.39. The Morgan fingerprint density at radius 2 is 2.21 bits per heavy atom. The van der Waals surface area contributed by atoms with Crippen molar-refractivity contribution < 1.29 is 0 Å². The van der Waals surface area contributed by atoms with Gasteiger partial charge in [0.05, 0.1) is 6.07 Å². The lowest BCUT2D eigenvalue weighted by atomic mass is 10.0. The lowest BCUT2D eigenvalue weighted by Gasteiger charge is -2.32. The van der Waals surface area contributed by atoms with E-state index in [-0.39, 0.29) is 6.04 Å². The van der Waals surface area contributed by atoms with Crippen molar-refractivity contribution >= 4 is 11.8 Å². The first-order valence-electron chi connectivity index (χ1n) is 6.22. The number of nitrogens with zero attached hydrogens (tertiary/aromatic N) is 2. The highest BCUT2D eigenvalue weighted by Crippen LogP contribution is 2.30. The van der Waals surface area contributed by atoms with Crippen molar-refractivity contribution in [3.8, 4) is 6.07 Å². The van der Waals surface area contributed by atoms with Crippen LogP contribution in [0, 0.1) is 11.3 Å². The van der Waals surface area contributed by atoms with Gasteiger partial charge in [0.1, 0.15) is 6.04 Å². The quantitative estimate of drug-likeness (QED) is 0.683. The summed E-state index contributed by atoms with van der Waals surface area (Å²) in [6, 6.07) is 2.11. The number of hydrogen-bond acceptors (Lipinski definition) is 3. The standard InChI is InChI=1S/C16H20N2S/c1-5-8-14(6-2)15(11-17)18-10-9-16(19-7-3)13(4)12-18/h5-8,15H,1-3,9-10,12H2,4H3/b14-8+. The Morgan fingerprint density at radius 1 is 1.47 bits per heavy atom. The zero-order valence-corrected chi connectivity index (χ0v) is 12.2. The normalized spacial score (nSPS) is 18.6. The van der Waals surface area contributed by atoms with Crippen molar-refractivity contribution in [2.24, 2.45) is 0 Å². The van der Waals surface area contributed by atoms with Crippen LogP contribution in [0.15, 0.2) is 59.4 Å². The van der Waals surface area contributed by atoms with E-state index < -0.39 is 0 Å². The zero-order chi connectivity index (χ0) is 14.3. The Bertz CT molecular complexity index is 466. The molecule has 0 fully saturated rings.